The van der Waals surface area contributed by atoms with Gasteiger partial charge in [-0.15, -0.1) is 24.0 Å². The van der Waals surface area contributed by atoms with Gasteiger partial charge in [0.1, 0.15) is 12.0 Å². The summed E-state index contributed by atoms with van der Waals surface area (Å²) in [4.78, 5) is 6.60. The number of nitrogens with one attached hydrogen (secondary N) is 1. The third-order valence-electron chi connectivity index (χ3n) is 3.72. The molecule has 0 atom stereocenters. The van der Waals surface area contributed by atoms with E-state index >= 15 is 0 Å². The Hall–Kier alpha value is -0.870. The molecule has 1 aliphatic heterocycles. The molecule has 0 spiro atoms. The van der Waals surface area contributed by atoms with Crippen molar-refractivity contribution < 1.29 is 14.0 Å². The predicted molar refractivity (Wildman–Crippen MR) is 99.2 cm³/mol. The lowest BCUT2D eigenvalue weighted by Crippen LogP contribution is -2.46. The molecule has 132 valence electrons. The lowest BCUT2D eigenvalue weighted by molar-refractivity contribution is 0.00989. The Bertz CT molecular complexity index is 434. The zero-order valence-corrected chi connectivity index (χ0v) is 16.2. The minimum atomic E-state index is 0. The van der Waals surface area contributed by atoms with Crippen LogP contribution in [0.2, 0.25) is 0 Å². The molecular weight excluding hydrogens is 411 g/mol. The highest BCUT2D eigenvalue weighted by atomic mass is 127. The number of halogens is 1. The standard InChI is InChI=1S/C15H26N4O3.HI/c1-16-15(17-12-13-6-11-22-18-13)19-7-4-14(5-8-19)21-10-3-9-20-2;/h6,11,14H,3-5,7-10,12H2,1-2H3,(H,16,17);1H. The monoisotopic (exact) mass is 438 g/mol. The van der Waals surface area contributed by atoms with Gasteiger partial charge in [0.15, 0.2) is 5.96 Å². The summed E-state index contributed by atoms with van der Waals surface area (Å²) in [5.74, 6) is 0.904. The lowest BCUT2D eigenvalue weighted by atomic mass is 10.1. The molecule has 0 aliphatic carbocycles. The molecule has 23 heavy (non-hydrogen) atoms. The van der Waals surface area contributed by atoms with Crippen molar-refractivity contribution in [3.8, 4) is 0 Å². The topological polar surface area (TPSA) is 72.1 Å². The van der Waals surface area contributed by atoms with Crippen molar-refractivity contribution in [1.82, 2.24) is 15.4 Å². The van der Waals surface area contributed by atoms with E-state index in [2.05, 4.69) is 20.4 Å². The van der Waals surface area contributed by atoms with Crippen LogP contribution in [0.4, 0.5) is 0 Å². The van der Waals surface area contributed by atoms with Gasteiger partial charge in [0.2, 0.25) is 0 Å². The number of likely N-dealkylation sites (tertiary alicyclic amines) is 1. The minimum Gasteiger partial charge on any atom is -0.385 e. The second-order valence-electron chi connectivity index (χ2n) is 5.30. The number of nitrogens with zero attached hydrogens (tertiary/aromatic N) is 3. The number of methoxy groups -OCH3 is 1. The van der Waals surface area contributed by atoms with Gasteiger partial charge >= 0.3 is 0 Å². The third kappa shape index (κ3) is 7.05. The van der Waals surface area contributed by atoms with Crippen LogP contribution in [0.15, 0.2) is 21.8 Å². The number of aromatic nitrogens is 1. The van der Waals surface area contributed by atoms with Crippen LogP contribution in [0.1, 0.15) is 25.0 Å². The van der Waals surface area contributed by atoms with Crippen LogP contribution in [0, 0.1) is 0 Å². The number of guanidine groups is 1. The number of ether oxygens (including phenoxy) is 2. The SMILES string of the molecule is CN=C(NCc1ccon1)N1CCC(OCCCOC)CC1.I. The highest BCUT2D eigenvalue weighted by Gasteiger charge is 2.21. The first-order valence-electron chi connectivity index (χ1n) is 7.79. The fourth-order valence-electron chi connectivity index (χ4n) is 2.52. The zero-order valence-electron chi connectivity index (χ0n) is 13.9. The number of rotatable bonds is 7. The summed E-state index contributed by atoms with van der Waals surface area (Å²) in [6.07, 6.45) is 4.93. The highest BCUT2D eigenvalue weighted by molar-refractivity contribution is 14.0. The molecule has 0 aromatic carbocycles. The Morgan fingerprint density at radius 2 is 2.22 bits per heavy atom. The summed E-state index contributed by atoms with van der Waals surface area (Å²) in [5.41, 5.74) is 0.873. The van der Waals surface area contributed by atoms with Gasteiger partial charge in [-0.1, -0.05) is 5.16 Å². The summed E-state index contributed by atoms with van der Waals surface area (Å²) in [5, 5.41) is 7.20. The van der Waals surface area contributed by atoms with E-state index in [4.69, 9.17) is 14.0 Å². The first-order chi connectivity index (χ1) is 10.8. The minimum absolute atomic E-state index is 0. The Balaban J connectivity index is 0.00000264. The Morgan fingerprint density at radius 3 is 2.83 bits per heavy atom. The van der Waals surface area contributed by atoms with Gasteiger partial charge in [-0.3, -0.25) is 4.99 Å². The summed E-state index contributed by atoms with van der Waals surface area (Å²) in [6.45, 7) is 4.06. The number of hydrogen-bond acceptors (Lipinski definition) is 5. The Morgan fingerprint density at radius 1 is 1.43 bits per heavy atom. The number of aliphatic imine (C=N–C) groups is 1. The quantitative estimate of drug-likeness (QED) is 0.304. The van der Waals surface area contributed by atoms with Crippen molar-refractivity contribution in [2.45, 2.75) is 31.9 Å². The fourth-order valence-corrected chi connectivity index (χ4v) is 2.52. The van der Waals surface area contributed by atoms with Gasteiger partial charge in [-0.05, 0) is 19.3 Å². The van der Waals surface area contributed by atoms with Gasteiger partial charge in [-0.2, -0.15) is 0 Å². The summed E-state index contributed by atoms with van der Waals surface area (Å²) >= 11 is 0. The predicted octanol–water partition coefficient (Wildman–Crippen LogP) is 1.89. The van der Waals surface area contributed by atoms with E-state index in [1.165, 1.54) is 0 Å². The second kappa shape index (κ2) is 11.6. The summed E-state index contributed by atoms with van der Waals surface area (Å²) < 4.78 is 15.7. The molecule has 0 amide bonds. The molecule has 7 nitrogen and oxygen atoms in total. The van der Waals surface area contributed by atoms with Crippen molar-refractivity contribution in [1.29, 1.82) is 0 Å². The molecule has 1 fully saturated rings. The van der Waals surface area contributed by atoms with Crippen LogP contribution in [0.5, 0.6) is 0 Å². The van der Waals surface area contributed by atoms with Gasteiger partial charge in [0.05, 0.1) is 12.6 Å². The highest BCUT2D eigenvalue weighted by Crippen LogP contribution is 2.14. The first-order valence-corrected chi connectivity index (χ1v) is 7.79. The molecule has 2 heterocycles. The zero-order chi connectivity index (χ0) is 15.6. The van der Waals surface area contributed by atoms with Crippen molar-refractivity contribution in [3.05, 3.63) is 18.0 Å². The molecule has 0 unspecified atom stereocenters. The van der Waals surface area contributed by atoms with E-state index in [0.717, 1.165) is 57.2 Å². The van der Waals surface area contributed by atoms with Crippen molar-refractivity contribution in [3.63, 3.8) is 0 Å². The first kappa shape index (κ1) is 20.2. The molecule has 1 aromatic heterocycles. The molecule has 0 radical (unpaired) electrons. The largest absolute Gasteiger partial charge is 0.385 e. The lowest BCUT2D eigenvalue weighted by Gasteiger charge is -2.34. The molecule has 1 saturated heterocycles. The molecule has 1 aromatic rings. The molecule has 0 bridgehead atoms. The van der Waals surface area contributed by atoms with Gasteiger partial charge < -0.3 is 24.2 Å². The maximum Gasteiger partial charge on any atom is 0.193 e. The van der Waals surface area contributed by atoms with E-state index in [0.29, 0.717) is 12.6 Å². The van der Waals surface area contributed by atoms with Crippen LogP contribution in [0.25, 0.3) is 0 Å². The molecule has 0 saturated carbocycles. The van der Waals surface area contributed by atoms with Crippen LogP contribution in [-0.4, -0.2) is 62.6 Å². The molecule has 2 rings (SSSR count). The van der Waals surface area contributed by atoms with Gasteiger partial charge in [-0.25, -0.2) is 0 Å². The smallest absolute Gasteiger partial charge is 0.193 e. The second-order valence-corrected chi connectivity index (χ2v) is 5.30. The van der Waals surface area contributed by atoms with E-state index in [1.807, 2.05) is 6.07 Å². The third-order valence-corrected chi connectivity index (χ3v) is 3.72. The fraction of sp³-hybridized carbons (Fsp3) is 0.733. The van der Waals surface area contributed by atoms with Crippen LogP contribution in [-0.2, 0) is 16.0 Å². The maximum absolute atomic E-state index is 5.88. The van der Waals surface area contributed by atoms with E-state index in [9.17, 15) is 0 Å². The molecular formula is C15H27IN4O3. The average molecular weight is 438 g/mol. The number of piperidine rings is 1. The van der Waals surface area contributed by atoms with Crippen LogP contribution < -0.4 is 5.32 Å². The van der Waals surface area contributed by atoms with Gasteiger partial charge in [0, 0.05) is 46.5 Å². The Kier molecular flexibility index (Phi) is 10.2. The van der Waals surface area contributed by atoms with Crippen LogP contribution >= 0.6 is 24.0 Å². The average Bonchev–Trinajstić information content (AvgIpc) is 3.07. The number of hydrogen-bond donors (Lipinski definition) is 1. The summed E-state index contributed by atoms with van der Waals surface area (Å²) in [6, 6.07) is 1.85. The van der Waals surface area contributed by atoms with Crippen molar-refractivity contribution >= 4 is 29.9 Å². The molecule has 1 aliphatic rings. The molecule has 1 N–H and O–H groups in total. The normalized spacial score (nSPS) is 16.3. The van der Waals surface area contributed by atoms with E-state index in [1.54, 1.807) is 20.4 Å². The Labute approximate surface area is 154 Å². The molecule has 8 heteroatoms. The van der Waals surface area contributed by atoms with E-state index in [-0.39, 0.29) is 24.0 Å². The van der Waals surface area contributed by atoms with E-state index < -0.39 is 0 Å². The van der Waals surface area contributed by atoms with Crippen molar-refractivity contribution in [2.24, 2.45) is 4.99 Å². The maximum atomic E-state index is 5.88. The van der Waals surface area contributed by atoms with Crippen molar-refractivity contribution in [2.75, 3.05) is 40.5 Å². The van der Waals surface area contributed by atoms with Crippen LogP contribution in [0.3, 0.4) is 0 Å². The summed E-state index contributed by atoms with van der Waals surface area (Å²) in [7, 11) is 3.52. The van der Waals surface area contributed by atoms with Gasteiger partial charge in [0.25, 0.3) is 0 Å².